The Morgan fingerprint density at radius 3 is 2.82 bits per heavy atom. The van der Waals surface area contributed by atoms with Crippen LogP contribution in [0.1, 0.15) is 12.0 Å². The topological polar surface area (TPSA) is 99.3 Å². The van der Waals surface area contributed by atoms with Crippen LogP contribution in [0.4, 0.5) is 15.8 Å². The van der Waals surface area contributed by atoms with Gasteiger partial charge in [0, 0.05) is 24.7 Å². The van der Waals surface area contributed by atoms with Gasteiger partial charge in [0.25, 0.3) is 0 Å². The molecule has 1 N–H and O–H groups in total. The van der Waals surface area contributed by atoms with E-state index in [4.69, 9.17) is 4.74 Å². The van der Waals surface area contributed by atoms with Crippen LogP contribution in [0.5, 0.6) is 5.75 Å². The van der Waals surface area contributed by atoms with Crippen molar-refractivity contribution in [3.05, 3.63) is 82.4 Å². The van der Waals surface area contributed by atoms with Gasteiger partial charge in [-0.05, 0) is 29.8 Å². The number of ether oxygens (including phenoxy) is 1. The van der Waals surface area contributed by atoms with Crippen molar-refractivity contribution in [2.45, 2.75) is 19.6 Å². The number of hydrogen-bond donors (Lipinski definition) is 1. The van der Waals surface area contributed by atoms with Crippen molar-refractivity contribution >= 4 is 17.3 Å². The molecular weight excluding hydrogens is 367 g/mol. The zero-order chi connectivity index (χ0) is 19.9. The summed E-state index contributed by atoms with van der Waals surface area (Å²) in [5.41, 5.74) is 1.29. The van der Waals surface area contributed by atoms with Crippen molar-refractivity contribution < 1.29 is 18.8 Å². The van der Waals surface area contributed by atoms with Crippen molar-refractivity contribution in [2.75, 3.05) is 5.32 Å². The van der Waals surface area contributed by atoms with Gasteiger partial charge in [0.2, 0.25) is 5.91 Å². The number of nitrogens with zero attached hydrogens (tertiary/aromatic N) is 3. The standard InChI is InChI=1S/C19H17FN4O4/c20-15-4-2-6-18(10-15)28-13-14-3-1-5-16(9-14)22-19(25)7-8-23-12-17(11-21-23)24(26)27/h1-6,9-12H,7-8,13H2,(H,22,25). The predicted molar refractivity (Wildman–Crippen MR) is 99.3 cm³/mol. The summed E-state index contributed by atoms with van der Waals surface area (Å²) in [6.07, 6.45) is 2.53. The van der Waals surface area contributed by atoms with Crippen LogP contribution < -0.4 is 10.1 Å². The zero-order valence-corrected chi connectivity index (χ0v) is 14.7. The second kappa shape index (κ2) is 8.76. The van der Waals surface area contributed by atoms with Crippen LogP contribution in [-0.2, 0) is 17.9 Å². The Labute approximate surface area is 159 Å². The van der Waals surface area contributed by atoms with Gasteiger partial charge in [0.1, 0.15) is 30.6 Å². The quantitative estimate of drug-likeness (QED) is 0.473. The first-order valence-electron chi connectivity index (χ1n) is 8.43. The molecule has 0 aliphatic rings. The van der Waals surface area contributed by atoms with E-state index in [0.717, 1.165) is 11.8 Å². The molecule has 0 bridgehead atoms. The average Bonchev–Trinajstić information content (AvgIpc) is 3.15. The van der Waals surface area contributed by atoms with Crippen molar-refractivity contribution in [3.8, 4) is 5.75 Å². The van der Waals surface area contributed by atoms with E-state index in [1.165, 1.54) is 23.0 Å². The maximum atomic E-state index is 13.2. The summed E-state index contributed by atoms with van der Waals surface area (Å²) in [6, 6.07) is 13.0. The highest BCUT2D eigenvalue weighted by atomic mass is 19.1. The maximum absolute atomic E-state index is 13.2. The number of halogens is 1. The van der Waals surface area contributed by atoms with Crippen LogP contribution >= 0.6 is 0 Å². The van der Waals surface area contributed by atoms with Gasteiger partial charge in [-0.25, -0.2) is 4.39 Å². The Bertz CT molecular complexity index is 989. The number of aryl methyl sites for hydroxylation is 1. The molecule has 0 unspecified atom stereocenters. The second-order valence-electron chi connectivity index (χ2n) is 5.96. The van der Waals surface area contributed by atoms with Crippen molar-refractivity contribution in [2.24, 2.45) is 0 Å². The highest BCUT2D eigenvalue weighted by Crippen LogP contribution is 2.16. The minimum atomic E-state index is -0.541. The summed E-state index contributed by atoms with van der Waals surface area (Å²) in [7, 11) is 0. The number of rotatable bonds is 8. The fourth-order valence-corrected chi connectivity index (χ4v) is 2.47. The summed E-state index contributed by atoms with van der Waals surface area (Å²) in [5, 5.41) is 17.2. The van der Waals surface area contributed by atoms with E-state index >= 15 is 0 Å². The molecule has 0 aliphatic heterocycles. The Morgan fingerprint density at radius 1 is 1.25 bits per heavy atom. The first-order valence-corrected chi connectivity index (χ1v) is 8.43. The third kappa shape index (κ3) is 5.37. The number of nitro groups is 1. The molecule has 0 aliphatic carbocycles. The molecule has 0 saturated carbocycles. The molecule has 8 nitrogen and oxygen atoms in total. The molecule has 3 rings (SSSR count). The highest BCUT2D eigenvalue weighted by Gasteiger charge is 2.10. The number of anilines is 1. The summed E-state index contributed by atoms with van der Waals surface area (Å²) in [4.78, 5) is 22.2. The van der Waals surface area contributed by atoms with Crippen LogP contribution in [-0.4, -0.2) is 20.6 Å². The number of carbonyl (C=O) groups is 1. The van der Waals surface area contributed by atoms with E-state index in [-0.39, 0.29) is 37.0 Å². The van der Waals surface area contributed by atoms with Crippen molar-refractivity contribution in [1.29, 1.82) is 0 Å². The molecule has 28 heavy (non-hydrogen) atoms. The monoisotopic (exact) mass is 384 g/mol. The van der Waals surface area contributed by atoms with Crippen LogP contribution in [0.3, 0.4) is 0 Å². The van der Waals surface area contributed by atoms with Gasteiger partial charge in [-0.15, -0.1) is 0 Å². The van der Waals surface area contributed by atoms with Crippen LogP contribution in [0.15, 0.2) is 60.9 Å². The summed E-state index contributed by atoms with van der Waals surface area (Å²) in [5.74, 6) is -0.204. The number of amides is 1. The average molecular weight is 384 g/mol. The molecule has 2 aromatic carbocycles. The smallest absolute Gasteiger partial charge is 0.306 e. The molecule has 3 aromatic rings. The number of aromatic nitrogens is 2. The molecule has 0 spiro atoms. The molecule has 144 valence electrons. The molecular formula is C19H17FN4O4. The molecule has 1 aromatic heterocycles. The Kier molecular flexibility index (Phi) is 5.95. The van der Waals surface area contributed by atoms with Crippen molar-refractivity contribution in [3.63, 3.8) is 0 Å². The minimum Gasteiger partial charge on any atom is -0.489 e. The Balaban J connectivity index is 1.51. The normalized spacial score (nSPS) is 10.5. The van der Waals surface area contributed by atoms with Gasteiger partial charge in [-0.1, -0.05) is 18.2 Å². The van der Waals surface area contributed by atoms with Crippen LogP contribution in [0.2, 0.25) is 0 Å². The highest BCUT2D eigenvalue weighted by molar-refractivity contribution is 5.90. The summed E-state index contributed by atoms with van der Waals surface area (Å²) < 4.78 is 20.1. The molecule has 9 heteroatoms. The van der Waals surface area contributed by atoms with Crippen molar-refractivity contribution in [1.82, 2.24) is 9.78 Å². The van der Waals surface area contributed by atoms with E-state index in [9.17, 15) is 19.3 Å². The van der Waals surface area contributed by atoms with Crippen LogP contribution in [0.25, 0.3) is 0 Å². The predicted octanol–water partition coefficient (Wildman–Crippen LogP) is 3.54. The first-order chi connectivity index (χ1) is 13.5. The Morgan fingerprint density at radius 2 is 2.07 bits per heavy atom. The zero-order valence-electron chi connectivity index (χ0n) is 14.7. The van der Waals surface area contributed by atoms with E-state index in [1.54, 1.807) is 30.3 Å². The number of carbonyl (C=O) groups excluding carboxylic acids is 1. The van der Waals surface area contributed by atoms with E-state index < -0.39 is 4.92 Å². The lowest BCUT2D eigenvalue weighted by Gasteiger charge is -2.09. The molecule has 0 atom stereocenters. The number of nitrogens with one attached hydrogen (secondary N) is 1. The van der Waals surface area contributed by atoms with Gasteiger partial charge in [0.05, 0.1) is 4.92 Å². The molecule has 0 saturated heterocycles. The lowest BCUT2D eigenvalue weighted by Crippen LogP contribution is -2.15. The largest absolute Gasteiger partial charge is 0.489 e. The molecule has 1 heterocycles. The number of hydrogen-bond acceptors (Lipinski definition) is 5. The van der Waals surface area contributed by atoms with E-state index in [0.29, 0.717) is 11.4 Å². The lowest BCUT2D eigenvalue weighted by atomic mass is 10.2. The van der Waals surface area contributed by atoms with Gasteiger partial charge >= 0.3 is 5.69 Å². The number of benzene rings is 2. The van der Waals surface area contributed by atoms with Gasteiger partial charge in [-0.3, -0.25) is 19.6 Å². The van der Waals surface area contributed by atoms with Gasteiger partial charge in [0.15, 0.2) is 0 Å². The molecule has 0 fully saturated rings. The van der Waals surface area contributed by atoms with E-state index in [1.807, 2.05) is 6.07 Å². The summed E-state index contributed by atoms with van der Waals surface area (Å²) >= 11 is 0. The lowest BCUT2D eigenvalue weighted by molar-refractivity contribution is -0.385. The summed E-state index contributed by atoms with van der Waals surface area (Å²) in [6.45, 7) is 0.451. The fraction of sp³-hybridized carbons (Fsp3) is 0.158. The first kappa shape index (κ1) is 19.0. The minimum absolute atomic E-state index is 0.114. The Hall–Kier alpha value is -3.75. The molecule has 1 amide bonds. The third-order valence-corrected chi connectivity index (χ3v) is 3.81. The van der Waals surface area contributed by atoms with Gasteiger partial charge in [-0.2, -0.15) is 5.10 Å². The fourth-order valence-electron chi connectivity index (χ4n) is 2.47. The maximum Gasteiger partial charge on any atom is 0.306 e. The van der Waals surface area contributed by atoms with Crippen LogP contribution in [0, 0.1) is 15.9 Å². The van der Waals surface area contributed by atoms with Gasteiger partial charge < -0.3 is 10.1 Å². The third-order valence-electron chi connectivity index (χ3n) is 3.81. The van der Waals surface area contributed by atoms with E-state index in [2.05, 4.69) is 10.4 Å². The molecule has 0 radical (unpaired) electrons. The SMILES string of the molecule is O=C(CCn1cc([N+](=O)[O-])cn1)Nc1cccc(COc2cccc(F)c2)c1. The second-order valence-corrected chi connectivity index (χ2v) is 5.96.